The van der Waals surface area contributed by atoms with Crippen molar-refractivity contribution >= 4 is 76.7 Å². The van der Waals surface area contributed by atoms with Gasteiger partial charge in [0.1, 0.15) is 42.1 Å². The molecule has 0 radical (unpaired) electrons. The molecule has 0 spiro atoms. The predicted molar refractivity (Wildman–Crippen MR) is 341 cm³/mol. The Kier molecular flexibility index (Phi) is 31.6. The van der Waals surface area contributed by atoms with Crippen molar-refractivity contribution in [3.05, 3.63) is 126 Å². The minimum absolute atomic E-state index is 0.000235. The fraction of sp³-hybridized carbons (Fsp3) is 0.477. The highest BCUT2D eigenvalue weighted by Crippen LogP contribution is 2.41. The van der Waals surface area contributed by atoms with Crippen molar-refractivity contribution in [1.82, 2.24) is 45.9 Å². The van der Waals surface area contributed by atoms with Crippen molar-refractivity contribution in [2.75, 3.05) is 90.5 Å². The number of thioether (sulfide) groups is 1. The van der Waals surface area contributed by atoms with Gasteiger partial charge in [0.25, 0.3) is 11.8 Å². The van der Waals surface area contributed by atoms with E-state index in [2.05, 4.69) is 31.6 Å². The summed E-state index contributed by atoms with van der Waals surface area (Å²) in [6.07, 6.45) is 5.91. The average molecular weight is 1330 g/mol. The number of nitrogens with one attached hydrogen (secondary N) is 5. The van der Waals surface area contributed by atoms with E-state index < -0.39 is 113 Å². The van der Waals surface area contributed by atoms with Gasteiger partial charge in [0, 0.05) is 92.3 Å². The van der Waals surface area contributed by atoms with Gasteiger partial charge in [0.15, 0.2) is 0 Å². The minimum atomic E-state index is -1.50. The number of carboxylic acids is 1. The third-order valence-electron chi connectivity index (χ3n) is 14.4. The molecular weight excluding hydrogens is 1250 g/mol. The van der Waals surface area contributed by atoms with Crippen LogP contribution in [0.4, 0.5) is 8.78 Å². The van der Waals surface area contributed by atoms with E-state index in [1.54, 1.807) is 29.3 Å². The number of ether oxygens (including phenoxy) is 4. The average Bonchev–Trinajstić information content (AvgIpc) is 1.58. The largest absolute Gasteiger partial charge is 0.481 e. The maximum Gasteiger partial charge on any atom is 0.307 e. The molecule has 0 unspecified atom stereocenters. The number of hydrogen-bond donors (Lipinski definition) is 7. The second-order valence-electron chi connectivity index (χ2n) is 23.1. The number of aromatic nitrogens is 2. The van der Waals surface area contributed by atoms with E-state index in [4.69, 9.17) is 24.7 Å². The molecule has 26 nitrogen and oxygen atoms in total. The second kappa shape index (κ2) is 39.1. The molecule has 2 aromatic carbocycles. The molecule has 3 heterocycles. The Balaban J connectivity index is 1.17. The smallest absolute Gasteiger partial charge is 0.307 e. The molecule has 0 bridgehead atoms. The van der Waals surface area contributed by atoms with Crippen molar-refractivity contribution in [3.63, 3.8) is 0 Å². The van der Waals surface area contributed by atoms with Crippen molar-refractivity contribution in [2.24, 2.45) is 17.1 Å². The number of aliphatic carboxylic acids is 1. The standard InChI is InChI=1S/C65H84F2N10O16S/c1-42(72-55(80)32-44-16-20-69-21-17-44)61(85)73-43(2)62(86)74-52(36-54(68)79)63(87)71-19-9-23-76(60(65(3,4)5)53-34-46(50-35-48(66)12-13-51(50)67)38-75(53)37-45-10-7-6-8-11-45)59(84)41-94-40-47(64(88)89)33-49(78)18-24-90-26-28-92-30-31-93-29-27-91-25-22-70-56(81)39-77-57(82)14-15-58(77)83/h6-8,10-17,20-21,34-35,38,42-43,47,52,60H,9,18-19,22-33,36-37,39-41H2,1-5H3,(H2,68,79)(H,70,81)(H,71,87)(H,72,80)(H,73,85)(H,74,86)(H,88,89)/t42-,43+,47-,52-,60-/m0/s1. The molecule has 94 heavy (non-hydrogen) atoms. The van der Waals surface area contributed by atoms with Crippen LogP contribution in [0.2, 0.25) is 0 Å². The monoisotopic (exact) mass is 1330 g/mol. The number of carboxylic acid groups (broad SMARTS) is 1. The van der Waals surface area contributed by atoms with E-state index in [9.17, 15) is 62.2 Å². The van der Waals surface area contributed by atoms with Crippen molar-refractivity contribution in [3.8, 4) is 11.1 Å². The summed E-state index contributed by atoms with van der Waals surface area (Å²) >= 11 is 1.01. The Labute approximate surface area is 548 Å². The van der Waals surface area contributed by atoms with E-state index in [0.29, 0.717) is 16.8 Å². The zero-order valence-corrected chi connectivity index (χ0v) is 54.2. The van der Waals surface area contributed by atoms with Crippen LogP contribution in [0.1, 0.15) is 83.2 Å². The second-order valence-corrected chi connectivity index (χ2v) is 24.1. The number of benzene rings is 2. The Hall–Kier alpha value is -8.77. The molecule has 510 valence electrons. The molecule has 29 heteroatoms. The Bertz CT molecular complexity index is 3240. The number of halogens is 2. The number of primary amides is 1. The number of carbonyl (C=O) groups excluding carboxylic acids is 10. The molecule has 5 rings (SSSR count). The molecular formula is C65H84F2N10O16S. The van der Waals surface area contributed by atoms with Gasteiger partial charge >= 0.3 is 5.97 Å². The first-order valence-electron chi connectivity index (χ1n) is 30.6. The molecule has 0 aliphatic carbocycles. The molecule has 2 aromatic heterocycles. The van der Waals surface area contributed by atoms with Crippen molar-refractivity contribution < 1.29 is 85.6 Å². The van der Waals surface area contributed by atoms with Crippen LogP contribution in [0.3, 0.4) is 0 Å². The summed E-state index contributed by atoms with van der Waals surface area (Å²) in [7, 11) is 0. The molecule has 0 saturated heterocycles. The summed E-state index contributed by atoms with van der Waals surface area (Å²) < 4.78 is 54.1. The van der Waals surface area contributed by atoms with E-state index >= 15 is 4.39 Å². The number of carbonyl (C=O) groups is 11. The number of ketones is 1. The SMILES string of the molecule is C[C@H](NC(=O)Cc1ccncc1)C(=O)N[C@H](C)C(=O)N[C@@H](CC(N)=O)C(=O)NCCCN(C(=O)CSC[C@H](CC(=O)CCOCCOCCOCCOCCNC(=O)CN1C(=O)C=CC1=O)C(=O)O)[C@@H](c1cc(-c2cc(F)ccc2F)cn1Cc1ccccc1)C(C)(C)C. The third-order valence-corrected chi connectivity index (χ3v) is 15.5. The first kappa shape index (κ1) is 75.9. The lowest BCUT2D eigenvalue weighted by molar-refractivity contribution is -0.143. The van der Waals surface area contributed by atoms with Gasteiger partial charge in [-0.1, -0.05) is 51.1 Å². The van der Waals surface area contributed by atoms with Crippen LogP contribution in [0, 0.1) is 23.0 Å². The van der Waals surface area contributed by atoms with Gasteiger partial charge in [-0.2, -0.15) is 11.8 Å². The van der Waals surface area contributed by atoms with E-state index in [1.807, 2.05) is 55.7 Å². The highest BCUT2D eigenvalue weighted by Gasteiger charge is 2.38. The van der Waals surface area contributed by atoms with E-state index in [0.717, 1.165) is 52.6 Å². The van der Waals surface area contributed by atoms with Crippen molar-refractivity contribution in [2.45, 2.75) is 97.4 Å². The lowest BCUT2D eigenvalue weighted by Crippen LogP contribution is -2.56. The lowest BCUT2D eigenvalue weighted by Gasteiger charge is -2.41. The molecule has 0 saturated carbocycles. The van der Waals surface area contributed by atoms with Crippen LogP contribution in [0.25, 0.3) is 11.1 Å². The minimum Gasteiger partial charge on any atom is -0.481 e. The lowest BCUT2D eigenvalue weighted by atomic mass is 9.83. The molecule has 9 amide bonds. The maximum atomic E-state index is 15.6. The molecule has 5 atom stereocenters. The maximum absolute atomic E-state index is 15.6. The zero-order chi connectivity index (χ0) is 68.7. The van der Waals surface area contributed by atoms with Gasteiger partial charge < -0.3 is 65.8 Å². The molecule has 0 fully saturated rings. The first-order chi connectivity index (χ1) is 44.8. The van der Waals surface area contributed by atoms with Crippen LogP contribution in [-0.4, -0.2) is 198 Å². The Morgan fingerprint density at radius 3 is 1.96 bits per heavy atom. The molecule has 4 aromatic rings. The fourth-order valence-electron chi connectivity index (χ4n) is 9.71. The van der Waals surface area contributed by atoms with Crippen LogP contribution in [0.5, 0.6) is 0 Å². The number of Topliss-reactive ketones (excluding diaryl/α,β-unsaturated/α-hetero) is 1. The summed E-state index contributed by atoms with van der Waals surface area (Å²) in [4.78, 5) is 147. The van der Waals surface area contributed by atoms with Crippen LogP contribution in [-0.2, 0) is 84.7 Å². The molecule has 8 N–H and O–H groups in total. The molecule has 1 aliphatic rings. The summed E-state index contributed by atoms with van der Waals surface area (Å²) in [5.74, 6) is -10.4. The fourth-order valence-corrected chi connectivity index (χ4v) is 10.7. The summed E-state index contributed by atoms with van der Waals surface area (Å²) in [5, 5.41) is 23.0. The Morgan fingerprint density at radius 1 is 0.713 bits per heavy atom. The highest BCUT2D eigenvalue weighted by atomic mass is 32.2. The number of nitrogens with two attached hydrogens (primary N) is 1. The zero-order valence-electron chi connectivity index (χ0n) is 53.4. The van der Waals surface area contributed by atoms with Gasteiger partial charge in [0.2, 0.25) is 41.4 Å². The van der Waals surface area contributed by atoms with Gasteiger partial charge in [-0.05, 0) is 73.2 Å². The van der Waals surface area contributed by atoms with Crippen molar-refractivity contribution in [1.29, 1.82) is 0 Å². The number of hydrogen-bond acceptors (Lipinski definition) is 17. The number of amides is 9. The summed E-state index contributed by atoms with van der Waals surface area (Å²) in [6.45, 7) is 9.80. The van der Waals surface area contributed by atoms with Crippen LogP contribution < -0.4 is 32.3 Å². The van der Waals surface area contributed by atoms with Gasteiger partial charge in [-0.15, -0.1) is 0 Å². The molecule has 1 aliphatic heterocycles. The van der Waals surface area contributed by atoms with E-state index in [1.165, 1.54) is 26.2 Å². The number of imide groups is 1. The van der Waals surface area contributed by atoms with Crippen LogP contribution in [0.15, 0.2) is 97.5 Å². The Morgan fingerprint density at radius 2 is 1.33 bits per heavy atom. The normalized spacial score (nSPS) is 13.7. The topological polar surface area (TPSA) is 355 Å². The van der Waals surface area contributed by atoms with Gasteiger partial charge in [-0.25, -0.2) is 8.78 Å². The third kappa shape index (κ3) is 26.3. The first-order valence-corrected chi connectivity index (χ1v) is 31.7. The predicted octanol–water partition coefficient (Wildman–Crippen LogP) is 2.80. The number of rotatable bonds is 43. The quantitative estimate of drug-likeness (QED) is 0.0247. The van der Waals surface area contributed by atoms with Crippen LogP contribution >= 0.6 is 11.8 Å². The van der Waals surface area contributed by atoms with Gasteiger partial charge in [0.05, 0.1) is 83.4 Å². The summed E-state index contributed by atoms with van der Waals surface area (Å²) in [5.41, 5.74) is 7.05. The van der Waals surface area contributed by atoms with E-state index in [-0.39, 0.29) is 134 Å². The van der Waals surface area contributed by atoms with Gasteiger partial charge in [-0.3, -0.25) is 62.6 Å². The number of pyridine rings is 1. The highest BCUT2D eigenvalue weighted by molar-refractivity contribution is 7.99. The number of nitrogens with zero attached hydrogens (tertiary/aromatic N) is 4. The summed E-state index contributed by atoms with van der Waals surface area (Å²) in [6, 6.07) is 12.8.